The van der Waals surface area contributed by atoms with Gasteiger partial charge in [0.2, 0.25) is 0 Å². The van der Waals surface area contributed by atoms with Crippen molar-refractivity contribution in [2.75, 3.05) is 26.9 Å². The fourth-order valence-electron chi connectivity index (χ4n) is 5.17. The molecule has 1 saturated heterocycles. The lowest BCUT2D eigenvalue weighted by Crippen LogP contribution is -2.55. The van der Waals surface area contributed by atoms with Gasteiger partial charge < -0.3 is 19.1 Å². The fraction of sp³-hybridized carbons (Fsp3) is 0.321. The van der Waals surface area contributed by atoms with Crippen LogP contribution in [0.2, 0.25) is 10.0 Å². The molecule has 2 aromatic carbocycles. The Morgan fingerprint density at radius 1 is 1.08 bits per heavy atom. The first-order valence-electron chi connectivity index (χ1n) is 12.5. The van der Waals surface area contributed by atoms with Crippen molar-refractivity contribution < 1.29 is 19.0 Å². The third kappa shape index (κ3) is 4.44. The fourth-order valence-corrected chi connectivity index (χ4v) is 5.68. The minimum atomic E-state index is -0.503. The summed E-state index contributed by atoms with van der Waals surface area (Å²) in [6, 6.07) is 11.0. The van der Waals surface area contributed by atoms with Gasteiger partial charge in [-0.25, -0.2) is 4.68 Å². The zero-order valence-corrected chi connectivity index (χ0v) is 23.5. The smallest absolute Gasteiger partial charge is 0.278 e. The molecule has 0 spiro atoms. The number of ether oxygens (including phenoxy) is 3. The molecule has 0 atom stereocenters. The average molecular weight is 568 g/mol. The molecule has 6 rings (SSSR count). The number of rotatable bonds is 4. The largest absolute Gasteiger partial charge is 0.496 e. The van der Waals surface area contributed by atoms with Crippen molar-refractivity contribution >= 4 is 29.1 Å². The molecule has 0 N–H and O–H groups in total. The highest BCUT2D eigenvalue weighted by molar-refractivity contribution is 6.34. The Balaban J connectivity index is 1.59. The molecule has 11 heteroatoms. The van der Waals surface area contributed by atoms with Crippen LogP contribution in [-0.4, -0.2) is 62.8 Å². The predicted molar refractivity (Wildman–Crippen MR) is 148 cm³/mol. The number of halogens is 2. The van der Waals surface area contributed by atoms with Gasteiger partial charge in [-0.3, -0.25) is 9.48 Å². The number of benzene rings is 2. The molecule has 0 bridgehead atoms. The first-order chi connectivity index (χ1) is 18.7. The van der Waals surface area contributed by atoms with E-state index in [4.69, 9.17) is 42.5 Å². The second-order valence-electron chi connectivity index (χ2n) is 10.3. The Bertz CT molecular complexity index is 1590. The Kier molecular flexibility index (Phi) is 6.32. The van der Waals surface area contributed by atoms with Gasteiger partial charge in [0.05, 0.1) is 37.2 Å². The molecule has 0 unspecified atom stereocenters. The van der Waals surface area contributed by atoms with Gasteiger partial charge in [0.25, 0.3) is 5.91 Å². The van der Waals surface area contributed by atoms with E-state index in [1.807, 2.05) is 45.3 Å². The van der Waals surface area contributed by atoms with E-state index in [1.165, 1.54) is 0 Å². The van der Waals surface area contributed by atoms with Crippen molar-refractivity contribution in [3.05, 3.63) is 63.9 Å². The summed E-state index contributed by atoms with van der Waals surface area (Å²) >= 11 is 12.8. The predicted octanol–water partition coefficient (Wildman–Crippen LogP) is 5.40. The third-order valence-corrected chi connectivity index (χ3v) is 7.51. The highest BCUT2D eigenvalue weighted by Crippen LogP contribution is 2.46. The highest BCUT2D eigenvalue weighted by atomic mass is 35.5. The number of hydrogen-bond acceptors (Lipinski definition) is 6. The normalized spacial score (nSPS) is 15.9. The molecule has 9 nitrogen and oxygen atoms in total. The van der Waals surface area contributed by atoms with Crippen molar-refractivity contribution in [3.8, 4) is 39.7 Å². The lowest BCUT2D eigenvalue weighted by atomic mass is 9.96. The Labute approximate surface area is 235 Å². The molecule has 2 aromatic heterocycles. The van der Waals surface area contributed by atoms with Crippen LogP contribution in [0.15, 0.2) is 42.6 Å². The molecular weight excluding hydrogens is 541 g/mol. The van der Waals surface area contributed by atoms with Gasteiger partial charge >= 0.3 is 0 Å². The molecule has 0 saturated carbocycles. The first-order valence-corrected chi connectivity index (χ1v) is 13.2. The van der Waals surface area contributed by atoms with Crippen molar-refractivity contribution in [2.24, 2.45) is 7.05 Å². The van der Waals surface area contributed by atoms with Gasteiger partial charge in [-0.05, 0) is 50.2 Å². The first kappa shape index (κ1) is 25.7. The standard InChI is InChI=1S/C28H27Cl2N5O4/c1-28(2)15-38-8-7-34(28)27(36)24-26-25(35(32-24)19-11-17(29)10-18(30)12-19)20-13-21(22-5-6-33(3)31-22)23(37-4)9-16(20)14-39-26/h5-6,9-13H,7-8,14-15H2,1-4H3. The summed E-state index contributed by atoms with van der Waals surface area (Å²) < 4.78 is 21.0. The van der Waals surface area contributed by atoms with Crippen molar-refractivity contribution in [1.29, 1.82) is 0 Å². The second kappa shape index (κ2) is 9.59. The Morgan fingerprint density at radius 3 is 2.51 bits per heavy atom. The van der Waals surface area contributed by atoms with Crippen LogP contribution in [0.1, 0.15) is 29.9 Å². The van der Waals surface area contributed by atoms with E-state index in [2.05, 4.69) is 5.10 Å². The number of fused-ring (bicyclic) bond motifs is 3. The number of morpholine rings is 1. The van der Waals surface area contributed by atoms with Crippen LogP contribution >= 0.6 is 23.2 Å². The SMILES string of the molecule is COc1cc2c(cc1-c1ccn(C)n1)-c1c(c(C(=O)N3CCOCC3(C)C)nn1-c1cc(Cl)cc(Cl)c1)OC2. The summed E-state index contributed by atoms with van der Waals surface area (Å²) in [4.78, 5) is 15.8. The maximum Gasteiger partial charge on any atom is 0.278 e. The minimum absolute atomic E-state index is 0.219. The van der Waals surface area contributed by atoms with E-state index >= 15 is 0 Å². The molecule has 0 aliphatic carbocycles. The van der Waals surface area contributed by atoms with Gasteiger partial charge in [0.1, 0.15) is 18.1 Å². The third-order valence-electron chi connectivity index (χ3n) is 7.07. The topological polar surface area (TPSA) is 83.6 Å². The highest BCUT2D eigenvalue weighted by Gasteiger charge is 2.40. The summed E-state index contributed by atoms with van der Waals surface area (Å²) in [7, 11) is 3.49. The maximum atomic E-state index is 14.0. The molecular formula is C28H27Cl2N5O4. The number of carbonyl (C=O) groups excluding carboxylic acids is 1. The summed E-state index contributed by atoms with van der Waals surface area (Å²) in [6.45, 7) is 5.54. The van der Waals surface area contributed by atoms with E-state index in [9.17, 15) is 4.79 Å². The van der Waals surface area contributed by atoms with Crippen LogP contribution in [0.5, 0.6) is 11.5 Å². The number of aryl methyl sites for hydroxylation is 1. The lowest BCUT2D eigenvalue weighted by Gasteiger charge is -2.41. The summed E-state index contributed by atoms with van der Waals surface area (Å²) in [5, 5.41) is 10.3. The van der Waals surface area contributed by atoms with Crippen LogP contribution in [-0.2, 0) is 18.4 Å². The van der Waals surface area contributed by atoms with Gasteiger partial charge in [0, 0.05) is 46.5 Å². The summed E-state index contributed by atoms with van der Waals surface area (Å²) in [5.74, 6) is 0.846. The maximum absolute atomic E-state index is 14.0. The summed E-state index contributed by atoms with van der Waals surface area (Å²) in [5.41, 5.74) is 4.26. The average Bonchev–Trinajstić information content (AvgIpc) is 3.50. The number of methoxy groups -OCH3 is 1. The van der Waals surface area contributed by atoms with Crippen LogP contribution in [0, 0.1) is 0 Å². The molecule has 1 amide bonds. The zero-order valence-electron chi connectivity index (χ0n) is 22.0. The molecule has 2 aliphatic heterocycles. The number of nitrogens with zero attached hydrogens (tertiary/aromatic N) is 5. The van der Waals surface area contributed by atoms with Crippen LogP contribution in [0.25, 0.3) is 28.2 Å². The van der Waals surface area contributed by atoms with Gasteiger partial charge in [-0.1, -0.05) is 23.2 Å². The van der Waals surface area contributed by atoms with Crippen molar-refractivity contribution in [2.45, 2.75) is 26.0 Å². The Morgan fingerprint density at radius 2 is 1.85 bits per heavy atom. The lowest BCUT2D eigenvalue weighted by molar-refractivity contribution is -0.0374. The molecule has 39 heavy (non-hydrogen) atoms. The number of carbonyl (C=O) groups is 1. The van der Waals surface area contributed by atoms with Crippen LogP contribution in [0.3, 0.4) is 0 Å². The second-order valence-corrected chi connectivity index (χ2v) is 11.1. The number of hydrogen-bond donors (Lipinski definition) is 0. The van der Waals surface area contributed by atoms with Crippen molar-refractivity contribution in [3.63, 3.8) is 0 Å². The van der Waals surface area contributed by atoms with Crippen molar-refractivity contribution in [1.82, 2.24) is 24.5 Å². The van der Waals surface area contributed by atoms with E-state index in [0.29, 0.717) is 52.7 Å². The molecule has 202 valence electrons. The van der Waals surface area contributed by atoms with Crippen LogP contribution < -0.4 is 9.47 Å². The monoisotopic (exact) mass is 567 g/mol. The van der Waals surface area contributed by atoms with Gasteiger partial charge in [0.15, 0.2) is 11.4 Å². The van der Waals surface area contributed by atoms with Gasteiger partial charge in [-0.2, -0.15) is 10.2 Å². The molecule has 1 fully saturated rings. The van der Waals surface area contributed by atoms with Crippen LogP contribution in [0.4, 0.5) is 0 Å². The molecule has 4 aromatic rings. The molecule has 0 radical (unpaired) electrons. The van der Waals surface area contributed by atoms with Gasteiger partial charge in [-0.15, -0.1) is 0 Å². The molecule has 2 aliphatic rings. The van der Waals surface area contributed by atoms with E-state index in [-0.39, 0.29) is 18.2 Å². The number of aromatic nitrogens is 4. The van der Waals surface area contributed by atoms with E-state index < -0.39 is 5.54 Å². The Hall–Kier alpha value is -3.53. The quantitative estimate of drug-likeness (QED) is 0.328. The van der Waals surface area contributed by atoms with E-state index in [0.717, 1.165) is 22.4 Å². The van der Waals surface area contributed by atoms with E-state index in [1.54, 1.807) is 39.6 Å². The zero-order chi connectivity index (χ0) is 27.5. The number of amides is 1. The minimum Gasteiger partial charge on any atom is -0.496 e. The molecule has 4 heterocycles. The summed E-state index contributed by atoms with van der Waals surface area (Å²) in [6.07, 6.45) is 1.88.